The summed E-state index contributed by atoms with van der Waals surface area (Å²) in [7, 11) is 0. The Labute approximate surface area is 183 Å². The fourth-order valence-corrected chi connectivity index (χ4v) is 4.18. The molecule has 162 valence electrons. The zero-order valence-electron chi connectivity index (χ0n) is 18.6. The highest BCUT2D eigenvalue weighted by Gasteiger charge is 2.25. The highest BCUT2D eigenvalue weighted by molar-refractivity contribution is 9.10. The van der Waals surface area contributed by atoms with Gasteiger partial charge in [-0.15, -0.1) is 0 Å². The van der Waals surface area contributed by atoms with Gasteiger partial charge in [-0.1, -0.05) is 36.7 Å². The molecule has 1 aliphatic rings. The van der Waals surface area contributed by atoms with Crippen molar-refractivity contribution in [2.45, 2.75) is 90.3 Å². The molecule has 5 nitrogen and oxygen atoms in total. The Bertz CT molecular complexity index is 727. The molecule has 29 heavy (non-hydrogen) atoms. The van der Waals surface area contributed by atoms with E-state index in [1.807, 2.05) is 12.1 Å². The van der Waals surface area contributed by atoms with Crippen LogP contribution in [0.4, 0.5) is 0 Å². The summed E-state index contributed by atoms with van der Waals surface area (Å²) >= 11 is 3.48. The van der Waals surface area contributed by atoms with Gasteiger partial charge in [-0.2, -0.15) is 0 Å². The van der Waals surface area contributed by atoms with E-state index in [1.54, 1.807) is 6.07 Å². The number of halogens is 1. The topological polar surface area (TPSA) is 70.2 Å². The number of hydrogen-bond acceptors (Lipinski definition) is 3. The van der Waals surface area contributed by atoms with Gasteiger partial charge in [-0.3, -0.25) is 9.59 Å². The van der Waals surface area contributed by atoms with E-state index in [-0.39, 0.29) is 35.4 Å². The second kappa shape index (κ2) is 9.61. The lowest BCUT2D eigenvalue weighted by Crippen LogP contribution is -2.49. The first-order chi connectivity index (χ1) is 13.3. The molecule has 1 aromatic rings. The minimum Gasteiger partial charge on any atom is -0.352 e. The van der Waals surface area contributed by atoms with Gasteiger partial charge in [0.25, 0.3) is 5.91 Å². The first-order valence-electron chi connectivity index (χ1n) is 10.5. The van der Waals surface area contributed by atoms with Gasteiger partial charge in [0.1, 0.15) is 0 Å². The minimum absolute atomic E-state index is 0.00360. The monoisotopic (exact) mass is 465 g/mol. The molecule has 1 fully saturated rings. The molecule has 0 unspecified atom stereocenters. The molecule has 0 saturated heterocycles. The molecule has 2 rings (SSSR count). The Morgan fingerprint density at radius 2 is 1.55 bits per heavy atom. The van der Waals surface area contributed by atoms with E-state index in [4.69, 9.17) is 0 Å². The van der Waals surface area contributed by atoms with Crippen molar-refractivity contribution in [1.82, 2.24) is 16.0 Å². The molecular weight excluding hydrogens is 430 g/mol. The van der Waals surface area contributed by atoms with Crippen LogP contribution in [-0.4, -0.2) is 36.0 Å². The summed E-state index contributed by atoms with van der Waals surface area (Å²) in [4.78, 5) is 24.8. The maximum atomic E-state index is 12.5. The summed E-state index contributed by atoms with van der Waals surface area (Å²) in [6.45, 7) is 12.9. The summed E-state index contributed by atoms with van der Waals surface area (Å²) in [5.41, 5.74) is 1.69. The zero-order valence-corrected chi connectivity index (χ0v) is 20.2. The van der Waals surface area contributed by atoms with Gasteiger partial charge in [-0.25, -0.2) is 0 Å². The lowest BCUT2D eigenvalue weighted by Gasteiger charge is -2.34. The first kappa shape index (κ1) is 23.9. The van der Waals surface area contributed by atoms with Gasteiger partial charge in [0.15, 0.2) is 0 Å². The molecule has 0 atom stereocenters. The van der Waals surface area contributed by atoms with E-state index < -0.39 is 0 Å². The molecule has 0 aliphatic heterocycles. The van der Waals surface area contributed by atoms with E-state index in [9.17, 15) is 9.59 Å². The second-order valence-electron chi connectivity index (χ2n) is 10.2. The third-order valence-electron chi connectivity index (χ3n) is 5.16. The minimum atomic E-state index is -0.231. The number of carbonyl (C=O) groups excluding carboxylic acids is 2. The number of carbonyl (C=O) groups is 2. The van der Waals surface area contributed by atoms with Crippen LogP contribution >= 0.6 is 15.9 Å². The highest BCUT2D eigenvalue weighted by Crippen LogP contribution is 2.27. The number of hydrogen-bond donors (Lipinski definition) is 3. The van der Waals surface area contributed by atoms with Crippen LogP contribution in [0.5, 0.6) is 0 Å². The van der Waals surface area contributed by atoms with Gasteiger partial charge in [0.2, 0.25) is 5.91 Å². The van der Waals surface area contributed by atoms with Crippen molar-refractivity contribution in [3.63, 3.8) is 0 Å². The number of rotatable bonds is 5. The largest absolute Gasteiger partial charge is 0.352 e. The van der Waals surface area contributed by atoms with Crippen LogP contribution in [0.15, 0.2) is 22.7 Å². The average molecular weight is 466 g/mol. The van der Waals surface area contributed by atoms with Gasteiger partial charge in [0.05, 0.1) is 6.54 Å². The fraction of sp³-hybridized carbons (Fsp3) is 0.652. The van der Waals surface area contributed by atoms with Gasteiger partial charge in [0, 0.05) is 27.7 Å². The molecule has 0 spiro atoms. The predicted octanol–water partition coefficient (Wildman–Crippen LogP) is 4.29. The van der Waals surface area contributed by atoms with E-state index >= 15 is 0 Å². The normalized spacial score (nSPS) is 20.2. The summed E-state index contributed by atoms with van der Waals surface area (Å²) in [6.07, 6.45) is 4.05. The van der Waals surface area contributed by atoms with Crippen molar-refractivity contribution in [3.05, 3.63) is 33.8 Å². The maximum Gasteiger partial charge on any atom is 0.251 e. The SMILES string of the molecule is CC(C)(C)NC1CCC(NC(=O)CNC(=O)c2cc(Br)cc(C(C)(C)C)c2)CC1. The van der Waals surface area contributed by atoms with Crippen LogP contribution < -0.4 is 16.0 Å². The average Bonchev–Trinajstić information content (AvgIpc) is 2.59. The van der Waals surface area contributed by atoms with Crippen LogP contribution in [0.1, 0.15) is 83.1 Å². The predicted molar refractivity (Wildman–Crippen MR) is 122 cm³/mol. The zero-order chi connectivity index (χ0) is 21.8. The molecular formula is C23H36BrN3O2. The van der Waals surface area contributed by atoms with Crippen molar-refractivity contribution in [3.8, 4) is 0 Å². The lowest BCUT2D eigenvalue weighted by molar-refractivity contribution is -0.121. The molecule has 3 N–H and O–H groups in total. The Morgan fingerprint density at radius 1 is 0.966 bits per heavy atom. The standard InChI is InChI=1S/C23H36BrN3O2/c1-22(2,3)16-11-15(12-17(24)13-16)21(29)25-14-20(28)26-18-7-9-19(10-8-18)27-23(4,5)6/h11-13,18-19,27H,7-10,14H2,1-6H3,(H,25,29)(H,26,28). The third kappa shape index (κ3) is 8.09. The maximum absolute atomic E-state index is 12.5. The third-order valence-corrected chi connectivity index (χ3v) is 5.62. The van der Waals surface area contributed by atoms with Crippen molar-refractivity contribution in [2.75, 3.05) is 6.54 Å². The van der Waals surface area contributed by atoms with Crippen molar-refractivity contribution in [1.29, 1.82) is 0 Å². The van der Waals surface area contributed by atoms with Crippen LogP contribution in [-0.2, 0) is 10.2 Å². The number of nitrogens with one attached hydrogen (secondary N) is 3. The number of benzene rings is 1. The van der Waals surface area contributed by atoms with E-state index in [0.717, 1.165) is 35.7 Å². The van der Waals surface area contributed by atoms with Crippen LogP contribution in [0.2, 0.25) is 0 Å². The van der Waals surface area contributed by atoms with E-state index in [2.05, 4.69) is 73.4 Å². The van der Waals surface area contributed by atoms with E-state index in [1.165, 1.54) is 0 Å². The van der Waals surface area contributed by atoms with Crippen LogP contribution in [0.25, 0.3) is 0 Å². The van der Waals surface area contributed by atoms with Gasteiger partial charge in [-0.05, 0) is 75.6 Å². The molecule has 0 bridgehead atoms. The molecule has 0 heterocycles. The van der Waals surface area contributed by atoms with E-state index in [0.29, 0.717) is 11.6 Å². The molecule has 2 amide bonds. The van der Waals surface area contributed by atoms with Crippen LogP contribution in [0.3, 0.4) is 0 Å². The Kier molecular flexibility index (Phi) is 7.91. The van der Waals surface area contributed by atoms with Gasteiger partial charge < -0.3 is 16.0 Å². The molecule has 0 radical (unpaired) electrons. The summed E-state index contributed by atoms with van der Waals surface area (Å²) in [5.74, 6) is -0.360. The van der Waals surface area contributed by atoms with Crippen molar-refractivity contribution in [2.24, 2.45) is 0 Å². The Morgan fingerprint density at radius 3 is 2.10 bits per heavy atom. The molecule has 1 saturated carbocycles. The van der Waals surface area contributed by atoms with Crippen molar-refractivity contribution >= 4 is 27.7 Å². The highest BCUT2D eigenvalue weighted by atomic mass is 79.9. The summed E-state index contributed by atoms with van der Waals surface area (Å²) < 4.78 is 0.861. The Hall–Kier alpha value is -1.40. The molecule has 0 aromatic heterocycles. The van der Waals surface area contributed by atoms with Gasteiger partial charge >= 0.3 is 0 Å². The number of amides is 2. The summed E-state index contributed by atoms with van der Waals surface area (Å²) in [6, 6.07) is 6.40. The Balaban J connectivity index is 1.81. The lowest BCUT2D eigenvalue weighted by atomic mass is 9.86. The summed E-state index contributed by atoms with van der Waals surface area (Å²) in [5, 5.41) is 9.45. The molecule has 6 heteroatoms. The first-order valence-corrected chi connectivity index (χ1v) is 11.3. The van der Waals surface area contributed by atoms with Crippen LogP contribution in [0, 0.1) is 0 Å². The molecule has 1 aromatic carbocycles. The van der Waals surface area contributed by atoms with Crippen molar-refractivity contribution < 1.29 is 9.59 Å². The molecule has 1 aliphatic carbocycles. The fourth-order valence-electron chi connectivity index (χ4n) is 3.69. The quantitative estimate of drug-likeness (QED) is 0.607. The smallest absolute Gasteiger partial charge is 0.251 e. The second-order valence-corrected chi connectivity index (χ2v) is 11.1.